The minimum Gasteiger partial charge on any atom is -0.165 e. The highest BCUT2D eigenvalue weighted by atomic mass is 35.5. The molecule has 0 aromatic carbocycles. The Bertz CT molecular complexity index is 167. The molecule has 0 N–H and O–H groups in total. The lowest BCUT2D eigenvalue weighted by molar-refractivity contribution is -0.0856. The molecular weight excluding hydrogens is 177 g/mol. The quantitative estimate of drug-likeness (QED) is 0.586. The first-order valence-corrected chi connectivity index (χ1v) is 3.58. The zero-order valence-corrected chi connectivity index (χ0v) is 7.35. The average Bonchev–Trinajstić information content (AvgIpc) is 1.82. The second-order valence-corrected chi connectivity index (χ2v) is 3.03. The summed E-state index contributed by atoms with van der Waals surface area (Å²) in [5, 5.41) is -0.993. The molecule has 0 nitrogen and oxygen atoms in total. The maximum Gasteiger partial charge on any atom is 0.426 e. The zero-order chi connectivity index (χ0) is 9.23. The van der Waals surface area contributed by atoms with Gasteiger partial charge in [-0.25, -0.2) is 0 Å². The molecule has 0 saturated heterocycles. The number of rotatable bonds is 1. The summed E-state index contributed by atoms with van der Waals surface area (Å²) in [6, 6.07) is 0. The summed E-state index contributed by atoms with van der Waals surface area (Å²) < 4.78 is 35.6. The van der Waals surface area contributed by atoms with Gasteiger partial charge in [0.2, 0.25) is 0 Å². The lowest BCUT2D eigenvalue weighted by Crippen LogP contribution is -2.10. The predicted octanol–water partition coefficient (Wildman–Crippen LogP) is 3.72. The molecule has 0 aliphatic heterocycles. The Balaban J connectivity index is 4.67. The maximum absolute atomic E-state index is 11.9. The Labute approximate surface area is 69.0 Å². The van der Waals surface area contributed by atoms with Crippen molar-refractivity contribution in [1.29, 1.82) is 0 Å². The molecule has 0 saturated carbocycles. The molecule has 4 heteroatoms. The van der Waals surface area contributed by atoms with E-state index in [-0.39, 0.29) is 11.5 Å². The third-order valence-electron chi connectivity index (χ3n) is 1.46. The first-order chi connectivity index (χ1) is 4.76. The van der Waals surface area contributed by atoms with E-state index in [1.165, 1.54) is 6.92 Å². The van der Waals surface area contributed by atoms with Crippen LogP contribution in [-0.2, 0) is 0 Å². The Morgan fingerprint density at radius 3 is 1.73 bits per heavy atom. The van der Waals surface area contributed by atoms with Gasteiger partial charge < -0.3 is 0 Å². The first kappa shape index (κ1) is 10.8. The van der Waals surface area contributed by atoms with Crippen molar-refractivity contribution in [3.8, 4) is 0 Å². The van der Waals surface area contributed by atoms with Gasteiger partial charge in [0, 0.05) is 0 Å². The van der Waals surface area contributed by atoms with Crippen LogP contribution < -0.4 is 0 Å². The van der Waals surface area contributed by atoms with Crippen LogP contribution in [0.4, 0.5) is 13.2 Å². The van der Waals surface area contributed by atoms with Crippen molar-refractivity contribution in [2.45, 2.75) is 26.9 Å². The van der Waals surface area contributed by atoms with Gasteiger partial charge in [-0.15, -0.1) is 0 Å². The minimum atomic E-state index is -4.39. The molecule has 0 aromatic heterocycles. The first-order valence-electron chi connectivity index (χ1n) is 3.20. The van der Waals surface area contributed by atoms with Crippen molar-refractivity contribution in [3.05, 3.63) is 10.6 Å². The Morgan fingerprint density at radius 1 is 1.27 bits per heavy atom. The minimum absolute atomic E-state index is 0.163. The van der Waals surface area contributed by atoms with Gasteiger partial charge >= 0.3 is 6.18 Å². The highest BCUT2D eigenvalue weighted by Gasteiger charge is 2.34. The van der Waals surface area contributed by atoms with Crippen molar-refractivity contribution in [2.24, 2.45) is 5.92 Å². The fourth-order valence-electron chi connectivity index (χ4n) is 0.477. The fraction of sp³-hybridized carbons (Fsp3) is 0.714. The van der Waals surface area contributed by atoms with Crippen molar-refractivity contribution in [2.75, 3.05) is 0 Å². The molecule has 0 unspecified atom stereocenters. The number of alkyl halides is 3. The second-order valence-electron chi connectivity index (χ2n) is 2.65. The van der Waals surface area contributed by atoms with Gasteiger partial charge in [-0.05, 0) is 18.4 Å². The molecule has 0 spiro atoms. The van der Waals surface area contributed by atoms with Gasteiger partial charge in [-0.3, -0.25) is 0 Å². The predicted molar refractivity (Wildman–Crippen MR) is 39.4 cm³/mol. The lowest BCUT2D eigenvalue weighted by atomic mass is 10.1. The van der Waals surface area contributed by atoms with E-state index in [0.29, 0.717) is 0 Å². The van der Waals surface area contributed by atoms with E-state index in [2.05, 4.69) is 0 Å². The van der Waals surface area contributed by atoms with Crippen LogP contribution in [0, 0.1) is 5.92 Å². The highest BCUT2D eigenvalue weighted by Crippen LogP contribution is 2.33. The molecule has 0 radical (unpaired) electrons. The molecule has 0 atom stereocenters. The van der Waals surface area contributed by atoms with E-state index in [4.69, 9.17) is 11.6 Å². The topological polar surface area (TPSA) is 0 Å². The summed E-state index contributed by atoms with van der Waals surface area (Å²) in [4.78, 5) is 0. The highest BCUT2D eigenvalue weighted by molar-refractivity contribution is 6.30. The molecule has 0 aliphatic rings. The van der Waals surface area contributed by atoms with E-state index >= 15 is 0 Å². The van der Waals surface area contributed by atoms with Crippen LogP contribution in [0.5, 0.6) is 0 Å². The number of hydrogen-bond acceptors (Lipinski definition) is 0. The third-order valence-corrected chi connectivity index (χ3v) is 1.97. The lowest BCUT2D eigenvalue weighted by Gasteiger charge is -2.11. The standard InChI is InChI=1S/C7H10ClF3/c1-4(2)5(3)6(8)7(9,10)11/h4H,1-3H3/b6-5+. The van der Waals surface area contributed by atoms with Gasteiger partial charge in [0.15, 0.2) is 0 Å². The Morgan fingerprint density at radius 2 is 1.64 bits per heavy atom. The van der Waals surface area contributed by atoms with Crippen LogP contribution in [-0.4, -0.2) is 6.18 Å². The van der Waals surface area contributed by atoms with Crippen LogP contribution in [0.15, 0.2) is 10.6 Å². The monoisotopic (exact) mass is 186 g/mol. The molecule has 0 heterocycles. The molecule has 0 rings (SSSR count). The van der Waals surface area contributed by atoms with Crippen molar-refractivity contribution < 1.29 is 13.2 Å². The summed E-state index contributed by atoms with van der Waals surface area (Å²) in [7, 11) is 0. The number of allylic oxidation sites excluding steroid dienone is 2. The SMILES string of the molecule is C/C(=C(\Cl)C(F)(F)F)C(C)C. The molecule has 0 amide bonds. The Hall–Kier alpha value is -0.180. The van der Waals surface area contributed by atoms with Crippen LogP contribution >= 0.6 is 11.6 Å². The zero-order valence-electron chi connectivity index (χ0n) is 6.59. The molecule has 0 fully saturated rings. The van der Waals surface area contributed by atoms with Gasteiger partial charge in [-0.1, -0.05) is 25.4 Å². The third kappa shape index (κ3) is 3.14. The molecule has 0 bridgehead atoms. The van der Waals surface area contributed by atoms with Crippen molar-refractivity contribution in [3.63, 3.8) is 0 Å². The molecule has 0 aliphatic carbocycles. The molecule has 11 heavy (non-hydrogen) atoms. The smallest absolute Gasteiger partial charge is 0.165 e. The van der Waals surface area contributed by atoms with Crippen LogP contribution in [0.3, 0.4) is 0 Å². The van der Waals surface area contributed by atoms with E-state index in [9.17, 15) is 13.2 Å². The van der Waals surface area contributed by atoms with E-state index in [1.54, 1.807) is 13.8 Å². The van der Waals surface area contributed by atoms with Crippen LogP contribution in [0.1, 0.15) is 20.8 Å². The fourth-order valence-corrected chi connectivity index (χ4v) is 0.695. The van der Waals surface area contributed by atoms with E-state index in [0.717, 1.165) is 0 Å². The van der Waals surface area contributed by atoms with Crippen molar-refractivity contribution >= 4 is 11.6 Å². The van der Waals surface area contributed by atoms with Gasteiger partial charge in [-0.2, -0.15) is 13.2 Å². The van der Waals surface area contributed by atoms with Gasteiger partial charge in [0.25, 0.3) is 0 Å². The Kier molecular flexibility index (Phi) is 3.42. The van der Waals surface area contributed by atoms with Crippen molar-refractivity contribution in [1.82, 2.24) is 0 Å². The molecule has 0 aromatic rings. The summed E-state index contributed by atoms with van der Waals surface area (Å²) >= 11 is 5.06. The largest absolute Gasteiger partial charge is 0.426 e. The van der Waals surface area contributed by atoms with Gasteiger partial charge in [0.05, 0.1) is 0 Å². The maximum atomic E-state index is 11.9. The van der Waals surface area contributed by atoms with E-state index < -0.39 is 11.2 Å². The number of halogens is 4. The van der Waals surface area contributed by atoms with E-state index in [1.807, 2.05) is 0 Å². The summed E-state index contributed by atoms with van der Waals surface area (Å²) in [6.07, 6.45) is -4.39. The van der Waals surface area contributed by atoms with Crippen LogP contribution in [0.25, 0.3) is 0 Å². The summed E-state index contributed by atoms with van der Waals surface area (Å²) in [6.45, 7) is 4.73. The summed E-state index contributed by atoms with van der Waals surface area (Å²) in [5.74, 6) is -0.163. The van der Waals surface area contributed by atoms with Crippen LogP contribution in [0.2, 0.25) is 0 Å². The normalized spacial score (nSPS) is 15.3. The molecule has 66 valence electrons. The molecular formula is C7H10ClF3. The number of hydrogen-bond donors (Lipinski definition) is 0. The average molecular weight is 187 g/mol. The second kappa shape index (κ2) is 3.48. The van der Waals surface area contributed by atoms with Gasteiger partial charge in [0.1, 0.15) is 5.03 Å². The summed E-state index contributed by atoms with van der Waals surface area (Å²) in [5.41, 5.74) is 0.180.